The minimum atomic E-state index is 0.813. The van der Waals surface area contributed by atoms with Gasteiger partial charge in [-0.2, -0.15) is 0 Å². The van der Waals surface area contributed by atoms with Gasteiger partial charge in [0.15, 0.2) is 0 Å². The highest BCUT2D eigenvalue weighted by molar-refractivity contribution is 5.04. The van der Waals surface area contributed by atoms with Crippen molar-refractivity contribution in [3.8, 4) is 0 Å². The molecule has 0 aromatic heterocycles. The maximum Gasteiger partial charge on any atom is -0.00150 e. The predicted octanol–water partition coefficient (Wildman–Crippen LogP) is 3.20. The van der Waals surface area contributed by atoms with Crippen molar-refractivity contribution in [1.29, 1.82) is 0 Å². The molecule has 0 heterocycles. The highest BCUT2D eigenvalue weighted by Gasteiger charge is 2.53. The Kier molecular flexibility index (Phi) is 3.16. The summed E-state index contributed by atoms with van der Waals surface area (Å²) in [5, 5.41) is 3.58. The monoisotopic (exact) mass is 195 g/mol. The van der Waals surface area contributed by atoms with Gasteiger partial charge in [-0.05, 0) is 56.0 Å². The molecule has 0 aromatic rings. The molecule has 0 bridgehead atoms. The van der Waals surface area contributed by atoms with Gasteiger partial charge in [0.25, 0.3) is 0 Å². The zero-order chi connectivity index (χ0) is 10.0. The van der Waals surface area contributed by atoms with Crippen LogP contribution in [0.4, 0.5) is 0 Å². The summed E-state index contributed by atoms with van der Waals surface area (Å²) in [4.78, 5) is 0. The lowest BCUT2D eigenvalue weighted by atomic mass is 9.79. The van der Waals surface area contributed by atoms with Crippen molar-refractivity contribution in [1.82, 2.24) is 5.32 Å². The normalized spacial score (nSPS) is 41.6. The van der Waals surface area contributed by atoms with Crippen LogP contribution in [-0.4, -0.2) is 13.1 Å². The van der Waals surface area contributed by atoms with E-state index in [-0.39, 0.29) is 0 Å². The number of hydrogen-bond acceptors (Lipinski definition) is 1. The topological polar surface area (TPSA) is 12.0 Å². The highest BCUT2D eigenvalue weighted by atomic mass is 14.9. The molecule has 1 atom stereocenters. The second kappa shape index (κ2) is 4.22. The summed E-state index contributed by atoms with van der Waals surface area (Å²) in [6.45, 7) is 7.17. The lowest BCUT2D eigenvalue weighted by molar-refractivity contribution is 0.249. The fourth-order valence-corrected chi connectivity index (χ4v) is 3.12. The molecule has 1 spiro atoms. The average Bonchev–Trinajstić information content (AvgIpc) is 2.86. The lowest BCUT2D eigenvalue weighted by Crippen LogP contribution is -2.22. The molecule has 1 N–H and O–H groups in total. The molecule has 0 radical (unpaired) electrons. The number of nitrogens with one attached hydrogen (secondary N) is 1. The Bertz CT molecular complexity index is 180. The molecule has 1 nitrogen and oxygen atoms in total. The standard InChI is InChI=1S/C13H25N/c1-3-8-14-10-12-9-13(12)6-4-11(2)5-7-13/h11-12,14H,3-10H2,1-2H3. The highest BCUT2D eigenvalue weighted by Crippen LogP contribution is 2.61. The molecule has 14 heavy (non-hydrogen) atoms. The first-order valence-electron chi connectivity index (χ1n) is 6.47. The van der Waals surface area contributed by atoms with E-state index in [1.807, 2.05) is 0 Å². The first kappa shape index (κ1) is 10.5. The van der Waals surface area contributed by atoms with Crippen molar-refractivity contribution < 1.29 is 0 Å². The van der Waals surface area contributed by atoms with Crippen LogP contribution in [0, 0.1) is 17.3 Å². The Hall–Kier alpha value is -0.0400. The van der Waals surface area contributed by atoms with Crippen LogP contribution in [0.1, 0.15) is 52.4 Å². The summed E-state index contributed by atoms with van der Waals surface area (Å²) < 4.78 is 0. The summed E-state index contributed by atoms with van der Waals surface area (Å²) in [6.07, 6.45) is 8.82. The van der Waals surface area contributed by atoms with Gasteiger partial charge in [-0.25, -0.2) is 0 Å². The third-order valence-electron chi connectivity index (χ3n) is 4.45. The summed E-state index contributed by atoms with van der Waals surface area (Å²) in [5.74, 6) is 2.03. The third kappa shape index (κ3) is 2.13. The largest absolute Gasteiger partial charge is 0.316 e. The molecule has 2 saturated carbocycles. The zero-order valence-electron chi connectivity index (χ0n) is 9.81. The van der Waals surface area contributed by atoms with Crippen molar-refractivity contribution >= 4 is 0 Å². The molecule has 0 aromatic carbocycles. The first-order chi connectivity index (χ1) is 6.77. The maximum absolute atomic E-state index is 3.58. The molecule has 1 heteroatoms. The molecule has 0 amide bonds. The van der Waals surface area contributed by atoms with Crippen LogP contribution in [0.25, 0.3) is 0 Å². The summed E-state index contributed by atoms with van der Waals surface area (Å²) in [7, 11) is 0. The van der Waals surface area contributed by atoms with Crippen LogP contribution in [0.5, 0.6) is 0 Å². The minimum Gasteiger partial charge on any atom is -0.316 e. The van der Waals surface area contributed by atoms with Gasteiger partial charge in [0.1, 0.15) is 0 Å². The zero-order valence-corrected chi connectivity index (χ0v) is 9.81. The van der Waals surface area contributed by atoms with E-state index in [1.54, 1.807) is 0 Å². The molecule has 82 valence electrons. The second-order valence-corrected chi connectivity index (χ2v) is 5.65. The van der Waals surface area contributed by atoms with E-state index in [9.17, 15) is 0 Å². The van der Waals surface area contributed by atoms with Crippen molar-refractivity contribution in [2.45, 2.75) is 52.4 Å². The molecular weight excluding hydrogens is 170 g/mol. The average molecular weight is 195 g/mol. The quantitative estimate of drug-likeness (QED) is 0.679. The van der Waals surface area contributed by atoms with Gasteiger partial charge in [-0.3, -0.25) is 0 Å². The third-order valence-corrected chi connectivity index (χ3v) is 4.45. The molecule has 0 aliphatic heterocycles. The van der Waals surface area contributed by atoms with E-state index < -0.39 is 0 Å². The molecule has 0 saturated heterocycles. The van der Waals surface area contributed by atoms with E-state index >= 15 is 0 Å². The first-order valence-corrected chi connectivity index (χ1v) is 6.47. The van der Waals surface area contributed by atoms with Crippen molar-refractivity contribution in [3.63, 3.8) is 0 Å². The van der Waals surface area contributed by atoms with E-state index in [2.05, 4.69) is 19.2 Å². The van der Waals surface area contributed by atoms with Crippen LogP contribution in [0.2, 0.25) is 0 Å². The Morgan fingerprint density at radius 3 is 2.64 bits per heavy atom. The SMILES string of the molecule is CCCNCC1CC12CCC(C)CC2. The van der Waals surface area contributed by atoms with Crippen molar-refractivity contribution in [2.24, 2.45) is 17.3 Å². The summed E-state index contributed by atoms with van der Waals surface area (Å²) in [6, 6.07) is 0. The van der Waals surface area contributed by atoms with Crippen molar-refractivity contribution in [3.05, 3.63) is 0 Å². The predicted molar refractivity (Wildman–Crippen MR) is 61.3 cm³/mol. The van der Waals surface area contributed by atoms with E-state index in [0.717, 1.165) is 17.3 Å². The second-order valence-electron chi connectivity index (χ2n) is 5.65. The van der Waals surface area contributed by atoms with Gasteiger partial charge < -0.3 is 5.32 Å². The van der Waals surface area contributed by atoms with Crippen LogP contribution < -0.4 is 5.32 Å². The fourth-order valence-electron chi connectivity index (χ4n) is 3.12. The smallest absolute Gasteiger partial charge is 0.00150 e. The van der Waals surface area contributed by atoms with E-state index in [1.165, 1.54) is 51.6 Å². The molecule has 2 aliphatic carbocycles. The van der Waals surface area contributed by atoms with E-state index in [0.29, 0.717) is 0 Å². The number of rotatable bonds is 4. The van der Waals surface area contributed by atoms with Crippen LogP contribution in [0.3, 0.4) is 0 Å². The fraction of sp³-hybridized carbons (Fsp3) is 1.00. The Morgan fingerprint density at radius 1 is 1.29 bits per heavy atom. The minimum absolute atomic E-state index is 0.813. The van der Waals surface area contributed by atoms with Crippen molar-refractivity contribution in [2.75, 3.05) is 13.1 Å². The van der Waals surface area contributed by atoms with Gasteiger partial charge in [0.05, 0.1) is 0 Å². The molecule has 2 fully saturated rings. The number of hydrogen-bond donors (Lipinski definition) is 1. The van der Waals surface area contributed by atoms with Crippen LogP contribution in [0.15, 0.2) is 0 Å². The summed E-state index contributed by atoms with van der Waals surface area (Å²) in [5.41, 5.74) is 0.813. The molecular formula is C13H25N. The van der Waals surface area contributed by atoms with Gasteiger partial charge in [-0.15, -0.1) is 0 Å². The van der Waals surface area contributed by atoms with Gasteiger partial charge in [0.2, 0.25) is 0 Å². The van der Waals surface area contributed by atoms with E-state index in [4.69, 9.17) is 0 Å². The maximum atomic E-state index is 3.58. The Labute approximate surface area is 88.7 Å². The Morgan fingerprint density at radius 2 is 2.00 bits per heavy atom. The van der Waals surface area contributed by atoms with Crippen LogP contribution >= 0.6 is 0 Å². The van der Waals surface area contributed by atoms with Crippen LogP contribution in [-0.2, 0) is 0 Å². The van der Waals surface area contributed by atoms with Gasteiger partial charge in [-0.1, -0.05) is 26.7 Å². The van der Waals surface area contributed by atoms with Gasteiger partial charge >= 0.3 is 0 Å². The summed E-state index contributed by atoms with van der Waals surface area (Å²) >= 11 is 0. The lowest BCUT2D eigenvalue weighted by Gasteiger charge is -2.27. The molecule has 2 rings (SSSR count). The molecule has 2 aliphatic rings. The van der Waals surface area contributed by atoms with Gasteiger partial charge in [0, 0.05) is 0 Å². The Balaban J connectivity index is 1.69. The molecule has 1 unspecified atom stereocenters.